The van der Waals surface area contributed by atoms with Gasteiger partial charge in [0.1, 0.15) is 11.5 Å². The summed E-state index contributed by atoms with van der Waals surface area (Å²) in [5, 5.41) is 0. The van der Waals surface area contributed by atoms with Gasteiger partial charge in [-0.2, -0.15) is 0 Å². The van der Waals surface area contributed by atoms with Gasteiger partial charge >= 0.3 is 0 Å². The molecule has 0 aromatic heterocycles. The smallest absolute Gasteiger partial charge is 0.124 e. The maximum atomic E-state index is 6.50. The molecule has 0 saturated heterocycles. The van der Waals surface area contributed by atoms with Gasteiger partial charge in [0, 0.05) is 5.56 Å². The second-order valence-electron chi connectivity index (χ2n) is 5.38. The van der Waals surface area contributed by atoms with Crippen LogP contribution in [0.3, 0.4) is 0 Å². The maximum Gasteiger partial charge on any atom is 0.124 e. The molecule has 0 radical (unpaired) electrons. The molecule has 1 atom stereocenters. The summed E-state index contributed by atoms with van der Waals surface area (Å²) >= 11 is 0. The van der Waals surface area contributed by atoms with Crippen LogP contribution in [-0.4, -0.2) is 14.2 Å². The van der Waals surface area contributed by atoms with Crippen LogP contribution in [0.1, 0.15) is 33.9 Å². The molecular formula is C18H23NO2. The molecule has 2 rings (SSSR count). The van der Waals surface area contributed by atoms with Crippen molar-refractivity contribution in [2.75, 3.05) is 14.2 Å². The van der Waals surface area contributed by atoms with E-state index in [9.17, 15) is 0 Å². The number of aryl methyl sites for hydroxylation is 3. The molecule has 0 aliphatic carbocycles. The zero-order chi connectivity index (χ0) is 15.6. The first-order valence-electron chi connectivity index (χ1n) is 7.03. The van der Waals surface area contributed by atoms with Crippen LogP contribution in [-0.2, 0) is 0 Å². The minimum absolute atomic E-state index is 0.241. The van der Waals surface area contributed by atoms with E-state index in [2.05, 4.69) is 32.9 Å². The normalized spacial score (nSPS) is 12.1. The van der Waals surface area contributed by atoms with E-state index < -0.39 is 0 Å². The quantitative estimate of drug-likeness (QED) is 0.932. The molecule has 21 heavy (non-hydrogen) atoms. The Morgan fingerprint density at radius 3 is 2.10 bits per heavy atom. The summed E-state index contributed by atoms with van der Waals surface area (Å²) in [5.41, 5.74) is 12.3. The first-order chi connectivity index (χ1) is 9.97. The van der Waals surface area contributed by atoms with Gasteiger partial charge < -0.3 is 15.2 Å². The third kappa shape index (κ3) is 3.03. The first kappa shape index (κ1) is 15.4. The molecule has 0 bridgehead atoms. The Labute approximate surface area is 126 Å². The highest BCUT2D eigenvalue weighted by molar-refractivity contribution is 5.49. The van der Waals surface area contributed by atoms with Gasteiger partial charge in [-0.25, -0.2) is 0 Å². The standard InChI is InChI=1S/C18H23NO2/c1-11-8-13(3)15(9-12(11)2)18(19)16-10-14(20-4)6-7-17(16)21-5/h6-10,18H,19H2,1-5H3. The summed E-state index contributed by atoms with van der Waals surface area (Å²) in [6, 6.07) is 9.81. The van der Waals surface area contributed by atoms with Crippen molar-refractivity contribution in [3.63, 3.8) is 0 Å². The average molecular weight is 285 g/mol. The van der Waals surface area contributed by atoms with E-state index in [0.29, 0.717) is 0 Å². The van der Waals surface area contributed by atoms with E-state index in [1.165, 1.54) is 16.7 Å². The highest BCUT2D eigenvalue weighted by Gasteiger charge is 2.17. The third-order valence-electron chi connectivity index (χ3n) is 3.99. The van der Waals surface area contributed by atoms with Gasteiger partial charge in [0.25, 0.3) is 0 Å². The van der Waals surface area contributed by atoms with Crippen LogP contribution in [0.5, 0.6) is 11.5 Å². The lowest BCUT2D eigenvalue weighted by Gasteiger charge is -2.20. The third-order valence-corrected chi connectivity index (χ3v) is 3.99. The summed E-state index contributed by atoms with van der Waals surface area (Å²) in [5.74, 6) is 1.56. The van der Waals surface area contributed by atoms with E-state index >= 15 is 0 Å². The fourth-order valence-corrected chi connectivity index (χ4v) is 2.57. The molecule has 0 aliphatic heterocycles. The van der Waals surface area contributed by atoms with E-state index in [1.54, 1.807) is 14.2 Å². The van der Waals surface area contributed by atoms with Gasteiger partial charge in [-0.15, -0.1) is 0 Å². The number of ether oxygens (including phenoxy) is 2. The summed E-state index contributed by atoms with van der Waals surface area (Å²) in [7, 11) is 3.31. The SMILES string of the molecule is COc1ccc(OC)c(C(N)c2cc(C)c(C)cc2C)c1. The molecule has 0 fully saturated rings. The van der Waals surface area contributed by atoms with Gasteiger partial charge in [-0.1, -0.05) is 12.1 Å². The molecule has 0 spiro atoms. The monoisotopic (exact) mass is 285 g/mol. The van der Waals surface area contributed by atoms with Crippen molar-refractivity contribution < 1.29 is 9.47 Å². The van der Waals surface area contributed by atoms with Gasteiger partial charge in [0.15, 0.2) is 0 Å². The van der Waals surface area contributed by atoms with Crippen molar-refractivity contribution in [1.29, 1.82) is 0 Å². The number of benzene rings is 2. The van der Waals surface area contributed by atoms with Gasteiger partial charge in [0.2, 0.25) is 0 Å². The van der Waals surface area contributed by atoms with Crippen molar-refractivity contribution in [2.45, 2.75) is 26.8 Å². The predicted molar refractivity (Wildman–Crippen MR) is 86.2 cm³/mol. The van der Waals surface area contributed by atoms with Gasteiger partial charge in [-0.05, 0) is 61.2 Å². The highest BCUT2D eigenvalue weighted by atomic mass is 16.5. The topological polar surface area (TPSA) is 44.5 Å². The van der Waals surface area contributed by atoms with Crippen molar-refractivity contribution >= 4 is 0 Å². The van der Waals surface area contributed by atoms with Crippen LogP contribution in [0.4, 0.5) is 0 Å². The molecular weight excluding hydrogens is 262 g/mol. The molecule has 3 heteroatoms. The Kier molecular flexibility index (Phi) is 4.53. The Balaban J connectivity index is 2.53. The molecule has 3 nitrogen and oxygen atoms in total. The fraction of sp³-hybridized carbons (Fsp3) is 0.333. The Bertz CT molecular complexity index is 650. The van der Waals surface area contributed by atoms with Crippen molar-refractivity contribution in [3.8, 4) is 11.5 Å². The minimum Gasteiger partial charge on any atom is -0.497 e. The van der Waals surface area contributed by atoms with Gasteiger partial charge in [0.05, 0.1) is 20.3 Å². The minimum atomic E-state index is -0.241. The van der Waals surface area contributed by atoms with Crippen LogP contribution in [0.15, 0.2) is 30.3 Å². The summed E-state index contributed by atoms with van der Waals surface area (Å²) in [6.45, 7) is 6.31. The number of hydrogen-bond acceptors (Lipinski definition) is 3. The number of nitrogens with two attached hydrogens (primary N) is 1. The van der Waals surface area contributed by atoms with Crippen molar-refractivity contribution in [1.82, 2.24) is 0 Å². The lowest BCUT2D eigenvalue weighted by Crippen LogP contribution is -2.15. The zero-order valence-corrected chi connectivity index (χ0v) is 13.4. The second kappa shape index (κ2) is 6.19. The lowest BCUT2D eigenvalue weighted by atomic mass is 9.91. The molecule has 112 valence electrons. The van der Waals surface area contributed by atoms with Crippen molar-refractivity contribution in [3.05, 3.63) is 58.1 Å². The molecule has 2 N–H and O–H groups in total. The molecule has 1 unspecified atom stereocenters. The van der Waals surface area contributed by atoms with Gasteiger partial charge in [-0.3, -0.25) is 0 Å². The fourth-order valence-electron chi connectivity index (χ4n) is 2.57. The number of rotatable bonds is 4. The average Bonchev–Trinajstić information content (AvgIpc) is 2.49. The van der Waals surface area contributed by atoms with Crippen LogP contribution in [0, 0.1) is 20.8 Å². The molecule has 0 heterocycles. The Morgan fingerprint density at radius 1 is 0.810 bits per heavy atom. The van der Waals surface area contributed by atoms with Crippen molar-refractivity contribution in [2.24, 2.45) is 5.73 Å². The number of methoxy groups -OCH3 is 2. The Hall–Kier alpha value is -2.00. The zero-order valence-electron chi connectivity index (χ0n) is 13.4. The molecule has 2 aromatic rings. The lowest BCUT2D eigenvalue weighted by molar-refractivity contribution is 0.397. The predicted octanol–water partition coefficient (Wildman–Crippen LogP) is 3.68. The second-order valence-corrected chi connectivity index (χ2v) is 5.38. The molecule has 0 amide bonds. The van der Waals surface area contributed by atoms with Crippen LogP contribution >= 0.6 is 0 Å². The molecule has 2 aromatic carbocycles. The highest BCUT2D eigenvalue weighted by Crippen LogP contribution is 2.33. The van der Waals surface area contributed by atoms with E-state index in [0.717, 1.165) is 22.6 Å². The molecule has 0 aliphatic rings. The van der Waals surface area contributed by atoms with Crippen LogP contribution in [0.25, 0.3) is 0 Å². The van der Waals surface area contributed by atoms with E-state index in [4.69, 9.17) is 15.2 Å². The van der Waals surface area contributed by atoms with Crippen LogP contribution in [0.2, 0.25) is 0 Å². The van der Waals surface area contributed by atoms with E-state index in [1.807, 2.05) is 18.2 Å². The summed E-state index contributed by atoms with van der Waals surface area (Å²) in [4.78, 5) is 0. The van der Waals surface area contributed by atoms with E-state index in [-0.39, 0.29) is 6.04 Å². The largest absolute Gasteiger partial charge is 0.497 e. The molecule has 0 saturated carbocycles. The maximum absolute atomic E-state index is 6.50. The van der Waals surface area contributed by atoms with Crippen LogP contribution < -0.4 is 15.2 Å². The summed E-state index contributed by atoms with van der Waals surface area (Å²) in [6.07, 6.45) is 0. The summed E-state index contributed by atoms with van der Waals surface area (Å²) < 4.78 is 10.7. The Morgan fingerprint density at radius 2 is 1.48 bits per heavy atom. The first-order valence-corrected chi connectivity index (χ1v) is 7.03. The number of hydrogen-bond donors (Lipinski definition) is 1.